The normalized spacial score (nSPS) is 22.5. The van der Waals surface area contributed by atoms with Crippen molar-refractivity contribution in [1.29, 1.82) is 0 Å². The summed E-state index contributed by atoms with van der Waals surface area (Å²) in [5.74, 6) is 0.752. The molecule has 2 rings (SSSR count). The van der Waals surface area contributed by atoms with Crippen LogP contribution in [0.15, 0.2) is 18.3 Å². The molecule has 1 aliphatic rings. The predicted molar refractivity (Wildman–Crippen MR) is 72.4 cm³/mol. The van der Waals surface area contributed by atoms with Gasteiger partial charge in [0.2, 0.25) is 0 Å². The van der Waals surface area contributed by atoms with Gasteiger partial charge in [0, 0.05) is 36.7 Å². The standard InChI is InChI=1S/C14H23N3/c1-11-9-14(6-7-16-11)17-8-4-5-13(10-17)12(2)15-3/h6-7,9,12-13,15H,4-5,8,10H2,1-3H3. The van der Waals surface area contributed by atoms with Gasteiger partial charge < -0.3 is 10.2 Å². The van der Waals surface area contributed by atoms with Crippen LogP contribution in [0.5, 0.6) is 0 Å². The summed E-state index contributed by atoms with van der Waals surface area (Å²) >= 11 is 0. The van der Waals surface area contributed by atoms with Crippen LogP contribution in [-0.4, -0.2) is 31.2 Å². The second-order valence-electron chi connectivity index (χ2n) is 5.08. The first kappa shape index (κ1) is 12.4. The van der Waals surface area contributed by atoms with Crippen LogP contribution >= 0.6 is 0 Å². The predicted octanol–water partition coefficient (Wildman–Crippen LogP) is 2.21. The highest BCUT2D eigenvalue weighted by molar-refractivity contribution is 5.46. The van der Waals surface area contributed by atoms with Gasteiger partial charge in [0.15, 0.2) is 0 Å². The Kier molecular flexibility index (Phi) is 4.00. The molecule has 0 radical (unpaired) electrons. The Morgan fingerprint density at radius 2 is 2.35 bits per heavy atom. The summed E-state index contributed by atoms with van der Waals surface area (Å²) in [6.07, 6.45) is 4.54. The van der Waals surface area contributed by atoms with E-state index in [1.165, 1.54) is 25.1 Å². The maximum atomic E-state index is 4.27. The molecule has 2 unspecified atom stereocenters. The van der Waals surface area contributed by atoms with E-state index < -0.39 is 0 Å². The van der Waals surface area contributed by atoms with Gasteiger partial charge in [-0.3, -0.25) is 4.98 Å². The van der Waals surface area contributed by atoms with E-state index in [1.807, 2.05) is 6.20 Å². The van der Waals surface area contributed by atoms with Crippen LogP contribution in [0, 0.1) is 12.8 Å². The molecule has 0 aliphatic carbocycles. The maximum Gasteiger partial charge on any atom is 0.0399 e. The van der Waals surface area contributed by atoms with E-state index in [9.17, 15) is 0 Å². The molecular weight excluding hydrogens is 210 g/mol. The monoisotopic (exact) mass is 233 g/mol. The highest BCUT2D eigenvalue weighted by atomic mass is 15.1. The Labute approximate surface area is 104 Å². The number of hydrogen-bond donors (Lipinski definition) is 1. The van der Waals surface area contributed by atoms with Crippen molar-refractivity contribution in [1.82, 2.24) is 10.3 Å². The quantitative estimate of drug-likeness (QED) is 0.867. The minimum absolute atomic E-state index is 0.598. The van der Waals surface area contributed by atoms with Gasteiger partial charge in [0.05, 0.1) is 0 Å². The van der Waals surface area contributed by atoms with E-state index >= 15 is 0 Å². The molecule has 94 valence electrons. The molecule has 0 bridgehead atoms. The largest absolute Gasteiger partial charge is 0.371 e. The van der Waals surface area contributed by atoms with Gasteiger partial charge in [-0.2, -0.15) is 0 Å². The van der Waals surface area contributed by atoms with E-state index in [1.54, 1.807) is 0 Å². The molecule has 17 heavy (non-hydrogen) atoms. The second-order valence-corrected chi connectivity index (χ2v) is 5.08. The number of nitrogens with zero attached hydrogens (tertiary/aromatic N) is 2. The Morgan fingerprint density at radius 1 is 1.53 bits per heavy atom. The number of aromatic nitrogens is 1. The molecule has 0 saturated carbocycles. The lowest BCUT2D eigenvalue weighted by atomic mass is 9.91. The minimum atomic E-state index is 0.598. The van der Waals surface area contributed by atoms with Crippen molar-refractivity contribution in [3.63, 3.8) is 0 Å². The van der Waals surface area contributed by atoms with Crippen LogP contribution in [-0.2, 0) is 0 Å². The third-order valence-electron chi connectivity index (χ3n) is 3.87. The van der Waals surface area contributed by atoms with E-state index in [0.717, 1.165) is 18.2 Å². The van der Waals surface area contributed by atoms with E-state index in [4.69, 9.17) is 0 Å². The minimum Gasteiger partial charge on any atom is -0.371 e. The molecule has 1 aromatic rings. The zero-order valence-corrected chi connectivity index (χ0v) is 11.1. The Morgan fingerprint density at radius 3 is 3.06 bits per heavy atom. The third kappa shape index (κ3) is 2.97. The first-order valence-corrected chi connectivity index (χ1v) is 6.55. The van der Waals surface area contributed by atoms with Crippen molar-refractivity contribution < 1.29 is 0 Å². The summed E-state index contributed by atoms with van der Waals surface area (Å²) in [5, 5.41) is 3.38. The molecule has 1 fully saturated rings. The lowest BCUT2D eigenvalue weighted by molar-refractivity contribution is 0.333. The van der Waals surface area contributed by atoms with Gasteiger partial charge in [-0.1, -0.05) is 0 Å². The number of hydrogen-bond acceptors (Lipinski definition) is 3. The van der Waals surface area contributed by atoms with Crippen LogP contribution in [0.4, 0.5) is 5.69 Å². The molecule has 2 atom stereocenters. The van der Waals surface area contributed by atoms with Crippen LogP contribution in [0.1, 0.15) is 25.5 Å². The molecule has 1 N–H and O–H groups in total. The zero-order valence-electron chi connectivity index (χ0n) is 11.1. The van der Waals surface area contributed by atoms with Gasteiger partial charge >= 0.3 is 0 Å². The molecule has 1 aliphatic heterocycles. The number of aryl methyl sites for hydroxylation is 1. The smallest absolute Gasteiger partial charge is 0.0399 e. The fraction of sp³-hybridized carbons (Fsp3) is 0.643. The first-order valence-electron chi connectivity index (χ1n) is 6.55. The topological polar surface area (TPSA) is 28.2 Å². The summed E-state index contributed by atoms with van der Waals surface area (Å²) in [6.45, 7) is 6.68. The highest BCUT2D eigenvalue weighted by Gasteiger charge is 2.23. The van der Waals surface area contributed by atoms with Crippen molar-refractivity contribution >= 4 is 5.69 Å². The number of pyridine rings is 1. The second kappa shape index (κ2) is 5.50. The summed E-state index contributed by atoms with van der Waals surface area (Å²) in [7, 11) is 2.06. The molecule has 0 aromatic carbocycles. The maximum absolute atomic E-state index is 4.27. The lowest BCUT2D eigenvalue weighted by Gasteiger charge is -2.37. The average molecular weight is 233 g/mol. The average Bonchev–Trinajstić information content (AvgIpc) is 2.38. The van der Waals surface area contributed by atoms with Crippen LogP contribution in [0.2, 0.25) is 0 Å². The van der Waals surface area contributed by atoms with Gasteiger partial charge in [-0.25, -0.2) is 0 Å². The number of anilines is 1. The fourth-order valence-electron chi connectivity index (χ4n) is 2.62. The molecule has 2 heterocycles. The third-order valence-corrected chi connectivity index (χ3v) is 3.87. The lowest BCUT2D eigenvalue weighted by Crippen LogP contribution is -2.43. The Balaban J connectivity index is 2.07. The van der Waals surface area contributed by atoms with Crippen LogP contribution in [0.3, 0.4) is 0 Å². The Bertz CT molecular complexity index is 364. The SMILES string of the molecule is CNC(C)C1CCCN(c2ccnc(C)c2)C1. The summed E-state index contributed by atoms with van der Waals surface area (Å²) in [4.78, 5) is 6.76. The summed E-state index contributed by atoms with van der Waals surface area (Å²) < 4.78 is 0. The summed E-state index contributed by atoms with van der Waals surface area (Å²) in [5.41, 5.74) is 2.43. The van der Waals surface area contributed by atoms with Crippen molar-refractivity contribution in [2.24, 2.45) is 5.92 Å². The molecule has 3 nitrogen and oxygen atoms in total. The molecule has 3 heteroatoms. The van der Waals surface area contributed by atoms with Crippen molar-refractivity contribution in [2.45, 2.75) is 32.7 Å². The van der Waals surface area contributed by atoms with Gasteiger partial charge in [-0.05, 0) is 51.8 Å². The Hall–Kier alpha value is -1.09. The van der Waals surface area contributed by atoms with Gasteiger partial charge in [0.25, 0.3) is 0 Å². The molecule has 1 aromatic heterocycles. The van der Waals surface area contributed by atoms with E-state index in [-0.39, 0.29) is 0 Å². The van der Waals surface area contributed by atoms with E-state index in [2.05, 4.69) is 48.2 Å². The molecule has 0 amide bonds. The molecular formula is C14H23N3. The highest BCUT2D eigenvalue weighted by Crippen LogP contribution is 2.24. The summed E-state index contributed by atoms with van der Waals surface area (Å²) in [6, 6.07) is 4.91. The number of rotatable bonds is 3. The molecule has 0 spiro atoms. The van der Waals surface area contributed by atoms with Crippen LogP contribution < -0.4 is 10.2 Å². The van der Waals surface area contributed by atoms with Crippen molar-refractivity contribution in [2.75, 3.05) is 25.0 Å². The van der Waals surface area contributed by atoms with Gasteiger partial charge in [0.1, 0.15) is 0 Å². The zero-order chi connectivity index (χ0) is 12.3. The first-order chi connectivity index (χ1) is 8.20. The number of piperidine rings is 1. The number of nitrogens with one attached hydrogen (secondary N) is 1. The van der Waals surface area contributed by atoms with Crippen molar-refractivity contribution in [3.8, 4) is 0 Å². The molecule has 1 saturated heterocycles. The van der Waals surface area contributed by atoms with Crippen LogP contribution in [0.25, 0.3) is 0 Å². The fourth-order valence-corrected chi connectivity index (χ4v) is 2.62. The van der Waals surface area contributed by atoms with Crippen molar-refractivity contribution in [3.05, 3.63) is 24.0 Å². The van der Waals surface area contributed by atoms with E-state index in [0.29, 0.717) is 6.04 Å². The van der Waals surface area contributed by atoms with Gasteiger partial charge in [-0.15, -0.1) is 0 Å².